The molecular formula is C42H71N7O12S. The van der Waals surface area contributed by atoms with Gasteiger partial charge in [0, 0.05) is 39.8 Å². The Morgan fingerprint density at radius 2 is 1.37 bits per heavy atom. The molecule has 0 aromatic heterocycles. The summed E-state index contributed by atoms with van der Waals surface area (Å²) < 4.78 is 51.4. The lowest BCUT2D eigenvalue weighted by Crippen LogP contribution is -2.53. The SMILES string of the molecule is C/C=C/c1cc([C@@H](C(=O)N[C@@H](C)C(=O)NC)N(C)C(=O)[C@H](CCCCNC(=O)OC(C)(C)C)NS(=O)(=O)CCN(C)C(=O)OC(C)(C)C)ccc1OCCNC(=O)OC(C)(C)C. The van der Waals surface area contributed by atoms with Crippen molar-refractivity contribution >= 4 is 52.1 Å². The Bertz CT molecular complexity index is 1820. The molecule has 0 saturated heterocycles. The second-order valence-electron chi connectivity index (χ2n) is 17.6. The highest BCUT2D eigenvalue weighted by Gasteiger charge is 2.36. The fourth-order valence-electron chi connectivity index (χ4n) is 5.48. The highest BCUT2D eigenvalue weighted by atomic mass is 32.2. The Hall–Kier alpha value is -5.11. The zero-order valence-corrected chi connectivity index (χ0v) is 39.8. The Morgan fingerprint density at radius 3 is 1.90 bits per heavy atom. The molecule has 0 heterocycles. The van der Waals surface area contributed by atoms with E-state index in [4.69, 9.17) is 18.9 Å². The summed E-state index contributed by atoms with van der Waals surface area (Å²) in [4.78, 5) is 80.2. The molecule has 1 aromatic rings. The van der Waals surface area contributed by atoms with Crippen molar-refractivity contribution < 1.29 is 56.1 Å². The highest BCUT2D eigenvalue weighted by Crippen LogP contribution is 2.29. The summed E-state index contributed by atoms with van der Waals surface area (Å²) >= 11 is 0. The average Bonchev–Trinajstić information content (AvgIpc) is 3.12. The quantitative estimate of drug-likeness (QED) is 0.0861. The topological polar surface area (TPSA) is 240 Å². The number of carbonyl (C=O) groups is 6. The van der Waals surface area contributed by atoms with Crippen LogP contribution in [-0.2, 0) is 38.6 Å². The van der Waals surface area contributed by atoms with Crippen LogP contribution >= 0.6 is 0 Å². The molecule has 0 aliphatic carbocycles. The molecule has 0 fully saturated rings. The van der Waals surface area contributed by atoms with Gasteiger partial charge in [0.25, 0.3) is 0 Å². The number of rotatable bonds is 21. The number of carbonyl (C=O) groups excluding carboxylic acids is 6. The fourth-order valence-corrected chi connectivity index (χ4v) is 6.76. The van der Waals surface area contributed by atoms with Crippen LogP contribution in [0.25, 0.3) is 6.08 Å². The zero-order valence-electron chi connectivity index (χ0n) is 39.0. The lowest BCUT2D eigenvalue weighted by Gasteiger charge is -2.32. The number of ether oxygens (including phenoxy) is 4. The molecule has 6 amide bonds. The number of nitrogens with one attached hydrogen (secondary N) is 5. The van der Waals surface area contributed by atoms with Crippen LogP contribution in [0.1, 0.15) is 113 Å². The summed E-state index contributed by atoms with van der Waals surface area (Å²) in [6.07, 6.45) is 2.04. The lowest BCUT2D eigenvalue weighted by atomic mass is 9.99. The van der Waals surface area contributed by atoms with Crippen molar-refractivity contribution in [2.45, 2.75) is 130 Å². The van der Waals surface area contributed by atoms with Crippen molar-refractivity contribution in [1.29, 1.82) is 0 Å². The molecule has 3 atom stereocenters. The van der Waals surface area contributed by atoms with Crippen LogP contribution in [0.3, 0.4) is 0 Å². The summed E-state index contributed by atoms with van der Waals surface area (Å²) in [5.41, 5.74) is -1.39. The fraction of sp³-hybridized carbons (Fsp3) is 0.667. The van der Waals surface area contributed by atoms with E-state index in [1.165, 1.54) is 28.1 Å². The maximum atomic E-state index is 14.5. The number of amides is 6. The third kappa shape index (κ3) is 21.6. The smallest absolute Gasteiger partial charge is 0.410 e. The summed E-state index contributed by atoms with van der Waals surface area (Å²) in [6, 6.07) is 0.986. The minimum Gasteiger partial charge on any atom is -0.491 e. The van der Waals surface area contributed by atoms with Crippen molar-refractivity contribution in [3.63, 3.8) is 0 Å². The molecular weight excluding hydrogens is 827 g/mol. The Kier molecular flexibility index (Phi) is 21.7. The van der Waals surface area contributed by atoms with E-state index in [-0.39, 0.29) is 39.1 Å². The molecule has 0 spiro atoms. The largest absolute Gasteiger partial charge is 0.491 e. The van der Waals surface area contributed by atoms with Gasteiger partial charge in [-0.1, -0.05) is 18.2 Å². The van der Waals surface area contributed by atoms with Crippen LogP contribution in [0, 0.1) is 0 Å². The molecule has 19 nitrogen and oxygen atoms in total. The predicted octanol–water partition coefficient (Wildman–Crippen LogP) is 4.22. The average molecular weight is 898 g/mol. The molecule has 62 heavy (non-hydrogen) atoms. The zero-order chi connectivity index (χ0) is 47.6. The van der Waals surface area contributed by atoms with Crippen LogP contribution < -0.4 is 30.7 Å². The number of allylic oxidation sites excluding steroid dienone is 1. The van der Waals surface area contributed by atoms with E-state index in [2.05, 4.69) is 26.0 Å². The van der Waals surface area contributed by atoms with E-state index in [0.717, 1.165) is 9.80 Å². The van der Waals surface area contributed by atoms with Crippen molar-refractivity contribution in [2.24, 2.45) is 0 Å². The Balaban J connectivity index is 3.56. The lowest BCUT2D eigenvalue weighted by molar-refractivity contribution is -0.141. The Morgan fingerprint density at radius 1 is 0.806 bits per heavy atom. The van der Waals surface area contributed by atoms with Crippen LogP contribution in [-0.4, -0.2) is 136 Å². The van der Waals surface area contributed by atoms with Gasteiger partial charge in [-0.25, -0.2) is 27.5 Å². The normalized spacial score (nSPS) is 13.5. The molecule has 352 valence electrons. The summed E-state index contributed by atoms with van der Waals surface area (Å²) in [6.45, 7) is 18.8. The van der Waals surface area contributed by atoms with Crippen molar-refractivity contribution in [3.05, 3.63) is 35.4 Å². The van der Waals surface area contributed by atoms with E-state index in [0.29, 0.717) is 23.3 Å². The van der Waals surface area contributed by atoms with E-state index in [9.17, 15) is 37.2 Å². The second kappa shape index (κ2) is 24.5. The van der Waals surface area contributed by atoms with E-state index in [1.54, 1.807) is 99.6 Å². The maximum absolute atomic E-state index is 14.5. The number of benzene rings is 1. The van der Waals surface area contributed by atoms with Crippen LogP contribution in [0.4, 0.5) is 14.4 Å². The standard InChI is InChI=1S/C42H71N7O12S/c1-15-18-29-27-30(20-21-32(29)58-25-23-45-38(54)60-41(6,7)8)33(35(51)46-28(2)34(50)43-12)49(14)36(52)31(19-16-17-22-44-37(53)59-40(3,4)5)47-62(56,57)26-24-48(13)39(55)61-42(9,10)11/h15,18,20-21,27-28,31,33,47H,16-17,19,22-26H2,1-14H3,(H,43,50)(H,44,53)(H,45,54)(H,46,51)/b18-15+/t28-,31-,33-/m0/s1. The predicted molar refractivity (Wildman–Crippen MR) is 236 cm³/mol. The first-order valence-electron chi connectivity index (χ1n) is 20.5. The van der Waals surface area contributed by atoms with Crippen molar-refractivity contribution in [3.8, 4) is 5.75 Å². The summed E-state index contributed by atoms with van der Waals surface area (Å²) in [5.74, 6) is -2.19. The molecule has 1 aromatic carbocycles. The van der Waals surface area contributed by atoms with E-state index in [1.807, 2.05) is 0 Å². The minimum absolute atomic E-state index is 0.0444. The van der Waals surface area contributed by atoms with Crippen LogP contribution in [0.15, 0.2) is 24.3 Å². The van der Waals surface area contributed by atoms with Gasteiger partial charge in [-0.15, -0.1) is 0 Å². The summed E-state index contributed by atoms with van der Waals surface area (Å²) in [7, 11) is -0.0997. The number of alkyl carbamates (subject to hydrolysis) is 2. The van der Waals surface area contributed by atoms with E-state index < -0.39 is 86.7 Å². The van der Waals surface area contributed by atoms with Gasteiger partial charge >= 0.3 is 18.3 Å². The van der Waals surface area contributed by atoms with Gasteiger partial charge in [0.05, 0.1) is 12.3 Å². The first-order chi connectivity index (χ1) is 28.5. The second-order valence-corrected chi connectivity index (χ2v) is 19.5. The van der Waals surface area contributed by atoms with Gasteiger partial charge < -0.3 is 50.0 Å². The van der Waals surface area contributed by atoms with Gasteiger partial charge in [-0.2, -0.15) is 0 Å². The molecule has 0 unspecified atom stereocenters. The first-order valence-corrected chi connectivity index (χ1v) is 22.2. The number of unbranched alkanes of at least 4 members (excludes halogenated alkanes) is 1. The maximum Gasteiger partial charge on any atom is 0.410 e. The van der Waals surface area contributed by atoms with Gasteiger partial charge in [0.15, 0.2) is 0 Å². The molecule has 0 bridgehead atoms. The van der Waals surface area contributed by atoms with Crippen LogP contribution in [0.2, 0.25) is 0 Å². The number of sulfonamides is 1. The molecule has 0 aliphatic heterocycles. The first kappa shape index (κ1) is 54.9. The van der Waals surface area contributed by atoms with E-state index >= 15 is 0 Å². The van der Waals surface area contributed by atoms with Crippen LogP contribution in [0.5, 0.6) is 5.75 Å². The molecule has 0 saturated carbocycles. The molecule has 20 heteroatoms. The Labute approximate surface area is 367 Å². The van der Waals surface area contributed by atoms with Crippen molar-refractivity contribution in [1.82, 2.24) is 35.8 Å². The third-order valence-electron chi connectivity index (χ3n) is 8.31. The molecule has 0 aliphatic rings. The molecule has 5 N–H and O–H groups in total. The number of hydrogen-bond donors (Lipinski definition) is 5. The number of nitrogens with zero attached hydrogens (tertiary/aromatic N) is 2. The molecule has 0 radical (unpaired) electrons. The highest BCUT2D eigenvalue weighted by molar-refractivity contribution is 7.89. The van der Waals surface area contributed by atoms with Gasteiger partial charge in [0.2, 0.25) is 27.7 Å². The van der Waals surface area contributed by atoms with Crippen molar-refractivity contribution in [2.75, 3.05) is 53.1 Å². The van der Waals surface area contributed by atoms with Gasteiger partial charge in [-0.3, -0.25) is 14.4 Å². The van der Waals surface area contributed by atoms with Gasteiger partial charge in [0.1, 0.15) is 47.3 Å². The van der Waals surface area contributed by atoms with Gasteiger partial charge in [-0.05, 0) is 113 Å². The molecule has 1 rings (SSSR count). The monoisotopic (exact) mass is 897 g/mol. The number of hydrogen-bond acceptors (Lipinski definition) is 12. The third-order valence-corrected chi connectivity index (χ3v) is 9.68. The minimum atomic E-state index is -4.25. The number of likely N-dealkylation sites (N-methyl/N-ethyl adjacent to an activating group) is 2. The summed E-state index contributed by atoms with van der Waals surface area (Å²) in [5, 5.41) is 10.4.